The van der Waals surface area contributed by atoms with E-state index in [1.807, 2.05) is 0 Å². The van der Waals surface area contributed by atoms with E-state index in [1.54, 1.807) is 30.3 Å². The van der Waals surface area contributed by atoms with E-state index < -0.39 is 35.3 Å². The number of rotatable bonds is 4. The van der Waals surface area contributed by atoms with Crippen molar-refractivity contribution in [2.24, 2.45) is 5.41 Å². The molecule has 2 heterocycles. The van der Waals surface area contributed by atoms with Gasteiger partial charge in [0.05, 0.1) is 17.2 Å². The third-order valence-electron chi connectivity index (χ3n) is 7.97. The average molecular weight is 548 g/mol. The number of hydrogen-bond acceptors (Lipinski definition) is 4. The van der Waals surface area contributed by atoms with Gasteiger partial charge >= 0.3 is 0 Å². The molecule has 0 unspecified atom stereocenters. The first kappa shape index (κ1) is 26.4. The molecule has 1 saturated carbocycles. The van der Waals surface area contributed by atoms with Gasteiger partial charge in [-0.2, -0.15) is 0 Å². The van der Waals surface area contributed by atoms with Crippen LogP contribution in [-0.4, -0.2) is 41.2 Å². The monoisotopic (exact) mass is 547 g/mol. The van der Waals surface area contributed by atoms with E-state index in [0.29, 0.717) is 42.0 Å². The summed E-state index contributed by atoms with van der Waals surface area (Å²) in [6.07, 6.45) is 1.83. The van der Waals surface area contributed by atoms with Gasteiger partial charge in [0.1, 0.15) is 11.2 Å². The summed E-state index contributed by atoms with van der Waals surface area (Å²) in [5, 5.41) is 19.9. The van der Waals surface area contributed by atoms with E-state index in [-0.39, 0.29) is 33.9 Å². The number of hydrogen-bond donors (Lipinski definition) is 4. The molecule has 3 aliphatic rings. The lowest BCUT2D eigenvalue weighted by Crippen LogP contribution is -2.49. The molecule has 6 atom stereocenters. The first-order valence-corrected chi connectivity index (χ1v) is 13.5. The third-order valence-corrected chi connectivity index (χ3v) is 8.50. The van der Waals surface area contributed by atoms with Crippen LogP contribution in [0.3, 0.4) is 0 Å². The van der Waals surface area contributed by atoms with Crippen LogP contribution in [0.2, 0.25) is 10.0 Å². The summed E-state index contributed by atoms with van der Waals surface area (Å²) in [6, 6.07) is 8.34. The quantitative estimate of drug-likeness (QED) is 0.437. The van der Waals surface area contributed by atoms with Gasteiger partial charge in [-0.1, -0.05) is 62.2 Å². The van der Waals surface area contributed by atoms with Crippen LogP contribution in [0, 0.1) is 11.2 Å². The largest absolute Gasteiger partial charge is 0.393 e. The van der Waals surface area contributed by atoms with E-state index in [1.165, 1.54) is 6.07 Å². The van der Waals surface area contributed by atoms with E-state index in [4.69, 9.17) is 23.2 Å². The summed E-state index contributed by atoms with van der Waals surface area (Å²) in [4.78, 5) is 27.9. The molecule has 0 radical (unpaired) electrons. The maximum absolute atomic E-state index is 15.7. The van der Waals surface area contributed by atoms with Crippen molar-refractivity contribution in [3.05, 3.63) is 63.4 Å². The molecular weight excluding hydrogens is 516 g/mol. The lowest BCUT2D eigenvalue weighted by atomic mass is 9.62. The Labute approximate surface area is 226 Å². The zero-order valence-corrected chi connectivity index (χ0v) is 22.6. The van der Waals surface area contributed by atoms with Crippen LogP contribution in [-0.2, 0) is 15.0 Å². The molecule has 198 valence electrons. The van der Waals surface area contributed by atoms with E-state index in [2.05, 4.69) is 36.7 Å². The van der Waals surface area contributed by atoms with E-state index in [0.717, 1.165) is 0 Å². The van der Waals surface area contributed by atoms with Crippen molar-refractivity contribution in [3.63, 3.8) is 0 Å². The number of halogens is 3. The predicted octanol–water partition coefficient (Wildman–Crippen LogP) is 4.91. The molecular formula is C28H32Cl2FN3O3. The normalized spacial score (nSPS) is 31.0. The standard InChI is InChI=1S/C28H32Cl2FN3O3/c1-27(2,3)13-21-28(18-10-7-14(29)11-20(18)33-26(28)37)22(17-5-4-6-19(30)23(17)31)24(34-21)25(36)32-15-8-9-16(35)12-15/h4-7,10-11,15-16,21-22,24,34-35H,8-9,12-13H2,1-3H3,(H,32,36)(H,33,37)/t15-,16+,21-,22-,24+,28+/m0/s1. The van der Waals surface area contributed by atoms with Gasteiger partial charge in [0.25, 0.3) is 0 Å². The van der Waals surface area contributed by atoms with E-state index in [9.17, 15) is 14.7 Å². The van der Waals surface area contributed by atoms with Crippen molar-refractivity contribution in [2.75, 3.05) is 5.32 Å². The van der Waals surface area contributed by atoms with Gasteiger partial charge in [-0.05, 0) is 60.4 Å². The van der Waals surface area contributed by atoms with Crippen LogP contribution in [0.1, 0.15) is 63.5 Å². The molecule has 6 nitrogen and oxygen atoms in total. The Bertz CT molecular complexity index is 1250. The van der Waals surface area contributed by atoms with Crippen molar-refractivity contribution < 1.29 is 19.1 Å². The van der Waals surface area contributed by atoms with Crippen molar-refractivity contribution in [2.45, 2.75) is 82.0 Å². The highest BCUT2D eigenvalue weighted by Gasteiger charge is 2.66. The highest BCUT2D eigenvalue weighted by atomic mass is 35.5. The molecule has 2 fully saturated rings. The van der Waals surface area contributed by atoms with Crippen LogP contribution < -0.4 is 16.0 Å². The Kier molecular flexibility index (Phi) is 6.80. The maximum atomic E-state index is 15.7. The number of carbonyl (C=O) groups is 2. The first-order chi connectivity index (χ1) is 17.4. The number of amides is 2. The number of anilines is 1. The highest BCUT2D eigenvalue weighted by Crippen LogP contribution is 2.57. The predicted molar refractivity (Wildman–Crippen MR) is 142 cm³/mol. The number of fused-ring (bicyclic) bond motifs is 2. The fourth-order valence-electron chi connectivity index (χ4n) is 6.53. The van der Waals surface area contributed by atoms with Crippen molar-refractivity contribution in [1.29, 1.82) is 0 Å². The summed E-state index contributed by atoms with van der Waals surface area (Å²) in [6.45, 7) is 6.21. The van der Waals surface area contributed by atoms with Crippen LogP contribution in [0.15, 0.2) is 36.4 Å². The first-order valence-electron chi connectivity index (χ1n) is 12.7. The van der Waals surface area contributed by atoms with Crippen molar-refractivity contribution in [3.8, 4) is 0 Å². The second-order valence-corrected chi connectivity index (χ2v) is 12.6. The number of benzene rings is 2. The zero-order valence-electron chi connectivity index (χ0n) is 21.1. The Morgan fingerprint density at radius 3 is 2.65 bits per heavy atom. The number of carbonyl (C=O) groups excluding carboxylic acids is 2. The lowest BCUT2D eigenvalue weighted by molar-refractivity contribution is -0.124. The fraction of sp³-hybridized carbons (Fsp3) is 0.500. The second-order valence-electron chi connectivity index (χ2n) is 11.8. The Morgan fingerprint density at radius 1 is 1.22 bits per heavy atom. The van der Waals surface area contributed by atoms with Crippen LogP contribution >= 0.6 is 23.2 Å². The van der Waals surface area contributed by atoms with Gasteiger partial charge < -0.3 is 21.1 Å². The molecule has 1 spiro atoms. The Hall–Kier alpha value is -2.19. The molecule has 4 N–H and O–H groups in total. The van der Waals surface area contributed by atoms with Crippen molar-refractivity contribution in [1.82, 2.24) is 10.6 Å². The van der Waals surface area contributed by atoms with Crippen LogP contribution in [0.25, 0.3) is 0 Å². The minimum atomic E-state index is -1.28. The number of nitrogens with one attached hydrogen (secondary N) is 3. The van der Waals surface area contributed by atoms with Crippen LogP contribution in [0.5, 0.6) is 0 Å². The molecule has 37 heavy (non-hydrogen) atoms. The molecule has 1 aliphatic carbocycles. The molecule has 9 heteroatoms. The average Bonchev–Trinajstić information content (AvgIpc) is 3.44. The van der Waals surface area contributed by atoms with E-state index >= 15 is 4.39 Å². The highest BCUT2D eigenvalue weighted by molar-refractivity contribution is 6.31. The lowest BCUT2D eigenvalue weighted by Gasteiger charge is -2.37. The molecule has 5 rings (SSSR count). The Morgan fingerprint density at radius 2 is 1.97 bits per heavy atom. The molecule has 2 aromatic carbocycles. The van der Waals surface area contributed by atoms with Gasteiger partial charge in [0.15, 0.2) is 0 Å². The maximum Gasteiger partial charge on any atom is 0.238 e. The van der Waals surface area contributed by atoms with Gasteiger partial charge in [-0.25, -0.2) is 4.39 Å². The smallest absolute Gasteiger partial charge is 0.238 e. The van der Waals surface area contributed by atoms with Gasteiger partial charge in [0.2, 0.25) is 11.8 Å². The fourth-order valence-corrected chi connectivity index (χ4v) is 6.89. The molecule has 2 aliphatic heterocycles. The summed E-state index contributed by atoms with van der Waals surface area (Å²) >= 11 is 12.5. The number of aliphatic hydroxyl groups excluding tert-OH is 1. The third kappa shape index (κ3) is 4.54. The minimum absolute atomic E-state index is 0.0697. The molecule has 0 bridgehead atoms. The summed E-state index contributed by atoms with van der Waals surface area (Å²) in [5.41, 5.74) is -0.0415. The topological polar surface area (TPSA) is 90.5 Å². The van der Waals surface area contributed by atoms with Gasteiger partial charge in [-0.15, -0.1) is 0 Å². The van der Waals surface area contributed by atoms with Crippen LogP contribution in [0.4, 0.5) is 10.1 Å². The second kappa shape index (κ2) is 9.53. The molecule has 0 aromatic heterocycles. The SMILES string of the molecule is CC(C)(C)C[C@@H]1N[C@@H](C(=O)N[C@H]2CC[C@@H](O)C2)[C@H](c2cccc(Cl)c2F)[C@]12C(=O)Nc1cc(Cl)ccc12. The molecule has 1 saturated heterocycles. The minimum Gasteiger partial charge on any atom is -0.393 e. The van der Waals surface area contributed by atoms with Gasteiger partial charge in [-0.3, -0.25) is 9.59 Å². The van der Waals surface area contributed by atoms with Crippen molar-refractivity contribution >= 4 is 40.7 Å². The molecule has 2 amide bonds. The summed E-state index contributed by atoms with van der Waals surface area (Å²) in [5.74, 6) is -2.15. The number of aliphatic hydroxyl groups is 1. The zero-order chi connectivity index (χ0) is 26.7. The van der Waals surface area contributed by atoms with Gasteiger partial charge in [0, 0.05) is 28.7 Å². The molecule has 2 aromatic rings. The Balaban J connectivity index is 1.70. The summed E-state index contributed by atoms with van der Waals surface area (Å²) < 4.78 is 15.7. The summed E-state index contributed by atoms with van der Waals surface area (Å²) in [7, 11) is 0.